The maximum atomic E-state index is 11.6. The first-order chi connectivity index (χ1) is 10.2. The maximum Gasteiger partial charge on any atom is 0.222 e. The van der Waals surface area contributed by atoms with Gasteiger partial charge in [0.05, 0.1) is 5.60 Å². The number of unbranched alkanes of at least 4 members (excludes halogenated alkanes) is 3. The van der Waals surface area contributed by atoms with Crippen LogP contribution in [0.5, 0.6) is 0 Å². The van der Waals surface area contributed by atoms with Crippen LogP contribution in [0.3, 0.4) is 0 Å². The number of carbonyl (C=O) groups is 2. The van der Waals surface area contributed by atoms with E-state index >= 15 is 0 Å². The van der Waals surface area contributed by atoms with E-state index in [1.807, 2.05) is 13.8 Å². The molecule has 130 valence electrons. The van der Waals surface area contributed by atoms with Gasteiger partial charge in [-0.3, -0.25) is 9.59 Å². The van der Waals surface area contributed by atoms with Crippen LogP contribution in [0.1, 0.15) is 66.7 Å². The van der Waals surface area contributed by atoms with Crippen LogP contribution in [-0.2, 0) is 14.3 Å². The van der Waals surface area contributed by atoms with Gasteiger partial charge in [-0.15, -0.1) is 0 Å². The second-order valence-electron chi connectivity index (χ2n) is 6.92. The largest absolute Gasteiger partial charge is 0.376 e. The summed E-state index contributed by atoms with van der Waals surface area (Å²) in [5.74, 6) is -0.0456. The zero-order valence-electron chi connectivity index (χ0n) is 15.0. The van der Waals surface area contributed by atoms with Gasteiger partial charge in [-0.1, -0.05) is 26.7 Å². The summed E-state index contributed by atoms with van der Waals surface area (Å²) < 4.78 is 5.65. The van der Waals surface area contributed by atoms with Gasteiger partial charge in [-0.05, 0) is 33.6 Å². The van der Waals surface area contributed by atoms with Crippen molar-refractivity contribution in [1.82, 2.24) is 10.6 Å². The molecule has 0 aromatic rings. The summed E-state index contributed by atoms with van der Waals surface area (Å²) in [6, 6.07) is 0. The molecule has 0 aliphatic carbocycles. The second kappa shape index (κ2) is 11.5. The van der Waals surface area contributed by atoms with Crippen molar-refractivity contribution in [3.63, 3.8) is 0 Å². The van der Waals surface area contributed by atoms with Crippen molar-refractivity contribution in [2.75, 3.05) is 19.7 Å². The molecule has 22 heavy (non-hydrogen) atoms. The van der Waals surface area contributed by atoms with E-state index in [2.05, 4.69) is 31.4 Å². The van der Waals surface area contributed by atoms with E-state index < -0.39 is 0 Å². The van der Waals surface area contributed by atoms with Gasteiger partial charge in [0, 0.05) is 32.0 Å². The number of carbonyl (C=O) groups excluding carboxylic acids is 2. The van der Waals surface area contributed by atoms with E-state index in [9.17, 15) is 9.59 Å². The Balaban J connectivity index is 3.37. The van der Waals surface area contributed by atoms with Gasteiger partial charge in [0.2, 0.25) is 11.8 Å². The van der Waals surface area contributed by atoms with Gasteiger partial charge in [0.1, 0.15) is 0 Å². The Hall–Kier alpha value is -1.10. The monoisotopic (exact) mass is 314 g/mol. The molecule has 0 unspecified atom stereocenters. The average molecular weight is 314 g/mol. The zero-order valence-corrected chi connectivity index (χ0v) is 15.0. The Morgan fingerprint density at radius 3 is 2.18 bits per heavy atom. The van der Waals surface area contributed by atoms with Crippen molar-refractivity contribution in [3.8, 4) is 0 Å². The summed E-state index contributed by atoms with van der Waals surface area (Å²) in [5.41, 5.74) is -0.0566. The molecule has 0 saturated carbocycles. The SMILES string of the molecule is CC(C)C(=O)NCCC(=O)NCCCCCCOC(C)(C)C. The van der Waals surface area contributed by atoms with Gasteiger partial charge in [-0.2, -0.15) is 0 Å². The molecule has 0 spiro atoms. The van der Waals surface area contributed by atoms with Crippen LogP contribution in [0, 0.1) is 5.92 Å². The number of ether oxygens (including phenoxy) is 1. The standard InChI is InChI=1S/C17H34N2O3/c1-14(2)16(21)19-12-10-15(20)18-11-8-6-7-9-13-22-17(3,4)5/h14H,6-13H2,1-5H3,(H,18,20)(H,19,21). The van der Waals surface area contributed by atoms with Gasteiger partial charge in [0.15, 0.2) is 0 Å². The molecule has 0 aliphatic rings. The molecule has 0 radical (unpaired) electrons. The van der Waals surface area contributed by atoms with Crippen molar-refractivity contribution < 1.29 is 14.3 Å². The summed E-state index contributed by atoms with van der Waals surface area (Å²) in [5, 5.41) is 5.62. The van der Waals surface area contributed by atoms with Crippen LogP contribution in [0.2, 0.25) is 0 Å². The number of rotatable bonds is 11. The average Bonchev–Trinajstić information content (AvgIpc) is 2.40. The fraction of sp³-hybridized carbons (Fsp3) is 0.882. The highest BCUT2D eigenvalue weighted by Gasteiger charge is 2.09. The van der Waals surface area contributed by atoms with E-state index in [0.29, 0.717) is 19.5 Å². The number of hydrogen-bond donors (Lipinski definition) is 2. The lowest BCUT2D eigenvalue weighted by atomic mass is 10.1. The van der Waals surface area contributed by atoms with Crippen LogP contribution >= 0.6 is 0 Å². The minimum atomic E-state index is -0.0566. The summed E-state index contributed by atoms with van der Waals surface area (Å²) in [6.07, 6.45) is 4.61. The van der Waals surface area contributed by atoms with Gasteiger partial charge in [0.25, 0.3) is 0 Å². The molecule has 0 rings (SSSR count). The normalized spacial score (nSPS) is 11.5. The highest BCUT2D eigenvalue weighted by molar-refractivity contribution is 5.79. The number of amides is 2. The predicted octanol–water partition coefficient (Wildman–Crippen LogP) is 2.64. The quantitative estimate of drug-likeness (QED) is 0.576. The van der Waals surface area contributed by atoms with Gasteiger partial charge >= 0.3 is 0 Å². The van der Waals surface area contributed by atoms with E-state index in [1.54, 1.807) is 0 Å². The first-order valence-electron chi connectivity index (χ1n) is 8.41. The van der Waals surface area contributed by atoms with Crippen molar-refractivity contribution in [2.45, 2.75) is 72.3 Å². The first-order valence-corrected chi connectivity index (χ1v) is 8.41. The number of nitrogens with one attached hydrogen (secondary N) is 2. The van der Waals surface area contributed by atoms with Crippen molar-refractivity contribution in [2.24, 2.45) is 5.92 Å². The molecule has 0 fully saturated rings. The Bertz CT molecular complexity index is 322. The lowest BCUT2D eigenvalue weighted by Gasteiger charge is -2.19. The Morgan fingerprint density at radius 2 is 1.59 bits per heavy atom. The Labute approximate surface area is 135 Å². The molecular weight excluding hydrogens is 280 g/mol. The fourth-order valence-corrected chi connectivity index (χ4v) is 1.78. The van der Waals surface area contributed by atoms with E-state index in [-0.39, 0.29) is 23.3 Å². The zero-order chi connectivity index (χ0) is 17.0. The van der Waals surface area contributed by atoms with Crippen LogP contribution in [-0.4, -0.2) is 37.1 Å². The molecule has 0 aliphatic heterocycles. The molecule has 2 N–H and O–H groups in total. The Morgan fingerprint density at radius 1 is 0.955 bits per heavy atom. The van der Waals surface area contributed by atoms with Gasteiger partial charge < -0.3 is 15.4 Å². The summed E-state index contributed by atoms with van der Waals surface area (Å²) in [4.78, 5) is 22.9. The molecule has 0 saturated heterocycles. The number of hydrogen-bond acceptors (Lipinski definition) is 3. The summed E-state index contributed by atoms with van der Waals surface area (Å²) >= 11 is 0. The fourth-order valence-electron chi connectivity index (χ4n) is 1.78. The highest BCUT2D eigenvalue weighted by Crippen LogP contribution is 2.08. The maximum absolute atomic E-state index is 11.6. The lowest BCUT2D eigenvalue weighted by molar-refractivity contribution is -0.124. The molecule has 0 atom stereocenters. The van der Waals surface area contributed by atoms with E-state index in [0.717, 1.165) is 32.3 Å². The first kappa shape index (κ1) is 20.9. The van der Waals surface area contributed by atoms with E-state index in [4.69, 9.17) is 4.74 Å². The minimum absolute atomic E-state index is 0.000113. The van der Waals surface area contributed by atoms with Crippen molar-refractivity contribution in [3.05, 3.63) is 0 Å². The topological polar surface area (TPSA) is 67.4 Å². The molecular formula is C17H34N2O3. The highest BCUT2D eigenvalue weighted by atomic mass is 16.5. The lowest BCUT2D eigenvalue weighted by Crippen LogP contribution is -2.33. The van der Waals surface area contributed by atoms with Crippen molar-refractivity contribution >= 4 is 11.8 Å². The molecule has 2 amide bonds. The van der Waals surface area contributed by atoms with Crippen LogP contribution in [0.15, 0.2) is 0 Å². The van der Waals surface area contributed by atoms with Crippen molar-refractivity contribution in [1.29, 1.82) is 0 Å². The minimum Gasteiger partial charge on any atom is -0.376 e. The summed E-state index contributed by atoms with van der Waals surface area (Å²) in [6.45, 7) is 11.8. The van der Waals surface area contributed by atoms with Crippen LogP contribution in [0.4, 0.5) is 0 Å². The third-order valence-electron chi connectivity index (χ3n) is 3.10. The van der Waals surface area contributed by atoms with Crippen LogP contribution in [0.25, 0.3) is 0 Å². The third-order valence-corrected chi connectivity index (χ3v) is 3.10. The smallest absolute Gasteiger partial charge is 0.222 e. The van der Waals surface area contributed by atoms with Crippen LogP contribution < -0.4 is 10.6 Å². The molecule has 0 aromatic carbocycles. The van der Waals surface area contributed by atoms with Gasteiger partial charge in [-0.25, -0.2) is 0 Å². The Kier molecular flexibility index (Phi) is 10.9. The molecule has 0 bridgehead atoms. The molecule has 0 heterocycles. The molecule has 0 aromatic heterocycles. The summed E-state index contributed by atoms with van der Waals surface area (Å²) in [7, 11) is 0. The molecule has 5 nitrogen and oxygen atoms in total. The molecule has 5 heteroatoms. The third kappa shape index (κ3) is 13.9. The second-order valence-corrected chi connectivity index (χ2v) is 6.92. The predicted molar refractivity (Wildman–Crippen MR) is 89.6 cm³/mol. The van der Waals surface area contributed by atoms with E-state index in [1.165, 1.54) is 0 Å².